The van der Waals surface area contributed by atoms with Gasteiger partial charge in [-0.1, -0.05) is 18.2 Å². The quantitative estimate of drug-likeness (QED) is 0.855. The van der Waals surface area contributed by atoms with Crippen molar-refractivity contribution in [3.8, 4) is 11.5 Å². The first-order chi connectivity index (χ1) is 7.79. The summed E-state index contributed by atoms with van der Waals surface area (Å²) in [5.41, 5.74) is 1.71. The molecule has 2 rings (SSSR count). The summed E-state index contributed by atoms with van der Waals surface area (Å²) >= 11 is 0. The van der Waals surface area contributed by atoms with Gasteiger partial charge in [0, 0.05) is 11.3 Å². The molecule has 0 bridgehead atoms. The highest BCUT2D eigenvalue weighted by Gasteiger charge is 2.02. The molecule has 3 nitrogen and oxygen atoms in total. The minimum atomic E-state index is -0.0323. The average Bonchev–Trinajstić information content (AvgIpc) is 2.33. The number of aliphatic hydroxyl groups excluding tert-OH is 1. The number of ether oxygens (including phenoxy) is 1. The zero-order chi connectivity index (χ0) is 11.4. The van der Waals surface area contributed by atoms with Gasteiger partial charge in [0.15, 0.2) is 0 Å². The molecule has 0 aliphatic carbocycles. The minimum Gasteiger partial charge on any atom is -0.455 e. The summed E-state index contributed by atoms with van der Waals surface area (Å²) in [4.78, 5) is 4.14. The number of para-hydroxylation sites is 1. The third kappa shape index (κ3) is 2.38. The Balaban J connectivity index is 2.23. The molecule has 0 amide bonds. The van der Waals surface area contributed by atoms with Crippen molar-refractivity contribution >= 4 is 0 Å². The molecule has 1 heterocycles. The average molecular weight is 215 g/mol. The Morgan fingerprint density at radius 3 is 2.69 bits per heavy atom. The molecule has 0 atom stereocenters. The van der Waals surface area contributed by atoms with Crippen LogP contribution < -0.4 is 4.74 Å². The van der Waals surface area contributed by atoms with E-state index in [4.69, 9.17) is 9.84 Å². The van der Waals surface area contributed by atoms with E-state index in [1.54, 1.807) is 6.20 Å². The molecule has 0 aliphatic heterocycles. The van der Waals surface area contributed by atoms with Gasteiger partial charge in [-0.05, 0) is 25.1 Å². The molecule has 0 saturated heterocycles. The van der Waals surface area contributed by atoms with Crippen LogP contribution in [0, 0.1) is 6.92 Å². The van der Waals surface area contributed by atoms with E-state index >= 15 is 0 Å². The van der Waals surface area contributed by atoms with Crippen LogP contribution in [0.1, 0.15) is 11.3 Å². The van der Waals surface area contributed by atoms with E-state index in [0.29, 0.717) is 11.5 Å². The fourth-order valence-corrected chi connectivity index (χ4v) is 1.38. The van der Waals surface area contributed by atoms with Crippen molar-refractivity contribution in [3.05, 3.63) is 53.9 Å². The van der Waals surface area contributed by atoms with Crippen LogP contribution in [-0.4, -0.2) is 10.1 Å². The van der Waals surface area contributed by atoms with Crippen molar-refractivity contribution in [1.29, 1.82) is 0 Å². The second-order valence-corrected chi connectivity index (χ2v) is 3.50. The van der Waals surface area contributed by atoms with Gasteiger partial charge in [-0.3, -0.25) is 4.98 Å². The zero-order valence-corrected chi connectivity index (χ0v) is 9.05. The van der Waals surface area contributed by atoms with Gasteiger partial charge >= 0.3 is 0 Å². The largest absolute Gasteiger partial charge is 0.455 e. The van der Waals surface area contributed by atoms with Crippen LogP contribution in [-0.2, 0) is 6.61 Å². The van der Waals surface area contributed by atoms with Crippen LogP contribution in [0.5, 0.6) is 11.5 Å². The van der Waals surface area contributed by atoms with Gasteiger partial charge in [-0.25, -0.2) is 0 Å². The molecule has 3 heteroatoms. The second-order valence-electron chi connectivity index (χ2n) is 3.50. The summed E-state index contributed by atoms with van der Waals surface area (Å²) in [6.07, 6.45) is 1.67. The van der Waals surface area contributed by atoms with Gasteiger partial charge in [0.2, 0.25) is 0 Å². The summed E-state index contributed by atoms with van der Waals surface area (Å²) in [6.45, 7) is 1.89. The van der Waals surface area contributed by atoms with Crippen LogP contribution in [0.25, 0.3) is 0 Å². The van der Waals surface area contributed by atoms with E-state index in [2.05, 4.69) is 4.98 Å². The molecule has 1 aromatic heterocycles. The topological polar surface area (TPSA) is 42.4 Å². The highest BCUT2D eigenvalue weighted by molar-refractivity contribution is 5.36. The maximum Gasteiger partial charge on any atom is 0.145 e. The Morgan fingerprint density at radius 2 is 2.00 bits per heavy atom. The Labute approximate surface area is 94.3 Å². The summed E-state index contributed by atoms with van der Waals surface area (Å²) in [5, 5.41) is 9.14. The summed E-state index contributed by atoms with van der Waals surface area (Å²) in [7, 11) is 0. The normalized spacial score (nSPS) is 10.1. The number of nitrogens with zero attached hydrogens (tertiary/aromatic N) is 1. The first-order valence-corrected chi connectivity index (χ1v) is 5.09. The maximum atomic E-state index is 9.14. The van der Waals surface area contributed by atoms with Crippen molar-refractivity contribution in [2.75, 3.05) is 0 Å². The Hall–Kier alpha value is -1.87. The SMILES string of the molecule is Cc1ccc(Oc2ccccc2CO)cn1. The monoisotopic (exact) mass is 215 g/mol. The van der Waals surface area contributed by atoms with Crippen molar-refractivity contribution < 1.29 is 9.84 Å². The van der Waals surface area contributed by atoms with Gasteiger partial charge in [0.05, 0.1) is 12.8 Å². The lowest BCUT2D eigenvalue weighted by molar-refractivity contribution is 0.276. The molecule has 0 saturated carbocycles. The number of hydrogen-bond donors (Lipinski definition) is 1. The lowest BCUT2D eigenvalue weighted by atomic mass is 10.2. The molecule has 16 heavy (non-hydrogen) atoms. The predicted molar refractivity (Wildman–Crippen MR) is 61.4 cm³/mol. The molecule has 1 N–H and O–H groups in total. The molecule has 0 fully saturated rings. The first kappa shape index (κ1) is 10.6. The van der Waals surface area contributed by atoms with E-state index in [0.717, 1.165) is 11.3 Å². The van der Waals surface area contributed by atoms with Gasteiger partial charge in [-0.15, -0.1) is 0 Å². The molecular weight excluding hydrogens is 202 g/mol. The van der Waals surface area contributed by atoms with E-state index in [1.165, 1.54) is 0 Å². The van der Waals surface area contributed by atoms with Gasteiger partial charge < -0.3 is 9.84 Å². The van der Waals surface area contributed by atoms with Crippen molar-refractivity contribution in [1.82, 2.24) is 4.98 Å². The fourth-order valence-electron chi connectivity index (χ4n) is 1.38. The van der Waals surface area contributed by atoms with E-state index in [1.807, 2.05) is 43.3 Å². The number of aromatic nitrogens is 1. The molecule has 1 aromatic carbocycles. The molecule has 0 unspecified atom stereocenters. The number of rotatable bonds is 3. The predicted octanol–water partition coefficient (Wildman–Crippen LogP) is 2.67. The van der Waals surface area contributed by atoms with Crippen molar-refractivity contribution in [3.63, 3.8) is 0 Å². The summed E-state index contributed by atoms with van der Waals surface area (Å²) < 4.78 is 5.63. The highest BCUT2D eigenvalue weighted by atomic mass is 16.5. The molecule has 0 spiro atoms. The molecule has 82 valence electrons. The summed E-state index contributed by atoms with van der Waals surface area (Å²) in [5.74, 6) is 1.34. The number of aliphatic hydroxyl groups is 1. The van der Waals surface area contributed by atoms with E-state index in [-0.39, 0.29) is 6.61 Å². The lowest BCUT2D eigenvalue weighted by Crippen LogP contribution is -1.92. The lowest BCUT2D eigenvalue weighted by Gasteiger charge is -2.08. The van der Waals surface area contributed by atoms with Crippen LogP contribution in [0.15, 0.2) is 42.6 Å². The van der Waals surface area contributed by atoms with Gasteiger partial charge in [-0.2, -0.15) is 0 Å². The fraction of sp³-hybridized carbons (Fsp3) is 0.154. The van der Waals surface area contributed by atoms with Gasteiger partial charge in [0.1, 0.15) is 11.5 Å². The minimum absolute atomic E-state index is 0.0323. The number of hydrogen-bond acceptors (Lipinski definition) is 3. The standard InChI is InChI=1S/C13H13NO2/c1-10-6-7-12(8-14-10)16-13-5-3-2-4-11(13)9-15/h2-8,15H,9H2,1H3. The van der Waals surface area contributed by atoms with Crippen molar-refractivity contribution in [2.24, 2.45) is 0 Å². The Bertz CT molecular complexity index is 466. The summed E-state index contributed by atoms with van der Waals surface area (Å²) in [6, 6.07) is 11.1. The highest BCUT2D eigenvalue weighted by Crippen LogP contribution is 2.24. The van der Waals surface area contributed by atoms with Crippen LogP contribution in [0.3, 0.4) is 0 Å². The Kier molecular flexibility index (Phi) is 3.17. The van der Waals surface area contributed by atoms with E-state index < -0.39 is 0 Å². The molecule has 0 aliphatic rings. The zero-order valence-electron chi connectivity index (χ0n) is 9.05. The van der Waals surface area contributed by atoms with E-state index in [9.17, 15) is 0 Å². The third-order valence-corrected chi connectivity index (χ3v) is 2.25. The Morgan fingerprint density at radius 1 is 1.19 bits per heavy atom. The number of pyridine rings is 1. The smallest absolute Gasteiger partial charge is 0.145 e. The van der Waals surface area contributed by atoms with Crippen LogP contribution in [0.4, 0.5) is 0 Å². The second kappa shape index (κ2) is 4.77. The molecule has 2 aromatic rings. The van der Waals surface area contributed by atoms with Crippen molar-refractivity contribution in [2.45, 2.75) is 13.5 Å². The maximum absolute atomic E-state index is 9.14. The molecular formula is C13H13NO2. The third-order valence-electron chi connectivity index (χ3n) is 2.25. The first-order valence-electron chi connectivity index (χ1n) is 5.09. The number of benzene rings is 1. The van der Waals surface area contributed by atoms with Crippen LogP contribution in [0.2, 0.25) is 0 Å². The number of aryl methyl sites for hydroxylation is 1. The molecule has 0 radical (unpaired) electrons. The van der Waals surface area contributed by atoms with Crippen LogP contribution >= 0.6 is 0 Å². The van der Waals surface area contributed by atoms with Gasteiger partial charge in [0.25, 0.3) is 0 Å².